The van der Waals surface area contributed by atoms with Crippen LogP contribution in [0.25, 0.3) is 0 Å². The van der Waals surface area contributed by atoms with Crippen LogP contribution in [-0.2, 0) is 0 Å². The molecule has 2 fully saturated rings. The van der Waals surface area contributed by atoms with Gasteiger partial charge in [0.1, 0.15) is 0 Å². The second kappa shape index (κ2) is 3.14. The third-order valence-electron chi connectivity index (χ3n) is 2.14. The molecule has 1 saturated heterocycles. The molecule has 1 heterocycles. The van der Waals surface area contributed by atoms with Crippen LogP contribution in [0.5, 0.6) is 0 Å². The molecule has 2 aliphatic rings. The monoisotopic (exact) mass is 157 g/mol. The van der Waals surface area contributed by atoms with E-state index in [1.165, 1.54) is 45.2 Å². The van der Waals surface area contributed by atoms with Crippen LogP contribution in [0.1, 0.15) is 32.1 Å². The summed E-state index contributed by atoms with van der Waals surface area (Å²) in [6, 6.07) is 0. The molecule has 1 aliphatic heterocycles. The molecule has 0 amide bonds. The number of hydrogen-bond acceptors (Lipinski definition) is 2. The van der Waals surface area contributed by atoms with E-state index in [-0.39, 0.29) is 0 Å². The maximum atomic E-state index is 2.57. The van der Waals surface area contributed by atoms with E-state index in [0.29, 0.717) is 0 Å². The SMILES string of the molecule is C1CCN(SC2CC2)CC1. The Morgan fingerprint density at radius 1 is 1.00 bits per heavy atom. The molecular formula is C8H15NS. The molecule has 1 nitrogen and oxygen atoms in total. The van der Waals surface area contributed by atoms with Crippen LogP contribution in [0.3, 0.4) is 0 Å². The molecule has 2 rings (SSSR count). The Hall–Kier alpha value is 0.310. The normalized spacial score (nSPS) is 28.8. The van der Waals surface area contributed by atoms with Gasteiger partial charge in [-0.3, -0.25) is 4.31 Å². The summed E-state index contributed by atoms with van der Waals surface area (Å²) >= 11 is 2.12. The fraction of sp³-hybridized carbons (Fsp3) is 1.00. The van der Waals surface area contributed by atoms with Gasteiger partial charge in [-0.1, -0.05) is 18.4 Å². The first kappa shape index (κ1) is 6.99. The van der Waals surface area contributed by atoms with E-state index in [1.807, 2.05) is 0 Å². The van der Waals surface area contributed by atoms with Crippen LogP contribution in [0, 0.1) is 0 Å². The Morgan fingerprint density at radius 2 is 1.70 bits per heavy atom. The first-order valence-corrected chi connectivity index (χ1v) is 5.20. The molecule has 1 saturated carbocycles. The van der Waals surface area contributed by atoms with Crippen molar-refractivity contribution in [2.45, 2.75) is 37.4 Å². The van der Waals surface area contributed by atoms with Crippen molar-refractivity contribution in [3.8, 4) is 0 Å². The molecule has 0 radical (unpaired) electrons. The van der Waals surface area contributed by atoms with E-state index in [1.54, 1.807) is 0 Å². The molecule has 0 aromatic carbocycles. The van der Waals surface area contributed by atoms with Crippen molar-refractivity contribution >= 4 is 11.9 Å². The minimum absolute atomic E-state index is 1.01. The maximum Gasteiger partial charge on any atom is 0.0196 e. The summed E-state index contributed by atoms with van der Waals surface area (Å²) < 4.78 is 2.57. The first-order chi connectivity index (χ1) is 4.95. The Balaban J connectivity index is 1.69. The highest BCUT2D eigenvalue weighted by Crippen LogP contribution is 2.37. The zero-order valence-electron chi connectivity index (χ0n) is 6.38. The van der Waals surface area contributed by atoms with Gasteiger partial charge in [0.15, 0.2) is 0 Å². The van der Waals surface area contributed by atoms with Crippen LogP contribution >= 0.6 is 11.9 Å². The third kappa shape index (κ3) is 1.89. The van der Waals surface area contributed by atoms with Crippen LogP contribution < -0.4 is 0 Å². The summed E-state index contributed by atoms with van der Waals surface area (Å²) in [6.45, 7) is 2.70. The zero-order valence-corrected chi connectivity index (χ0v) is 7.20. The Bertz CT molecular complexity index is 106. The number of hydrogen-bond donors (Lipinski definition) is 0. The van der Waals surface area contributed by atoms with Gasteiger partial charge in [-0.15, -0.1) is 0 Å². The van der Waals surface area contributed by atoms with Crippen LogP contribution in [-0.4, -0.2) is 22.6 Å². The lowest BCUT2D eigenvalue weighted by molar-refractivity contribution is 0.380. The molecule has 0 N–H and O–H groups in total. The van der Waals surface area contributed by atoms with E-state index < -0.39 is 0 Å². The van der Waals surface area contributed by atoms with Crippen molar-refractivity contribution in [2.75, 3.05) is 13.1 Å². The van der Waals surface area contributed by atoms with E-state index in [2.05, 4.69) is 16.3 Å². The second-order valence-electron chi connectivity index (χ2n) is 3.29. The summed E-state index contributed by atoms with van der Waals surface area (Å²) in [4.78, 5) is 0. The number of rotatable bonds is 2. The van der Waals surface area contributed by atoms with Crippen LogP contribution in [0.2, 0.25) is 0 Å². The van der Waals surface area contributed by atoms with Gasteiger partial charge in [-0.25, -0.2) is 0 Å². The van der Waals surface area contributed by atoms with Crippen molar-refractivity contribution < 1.29 is 0 Å². The summed E-state index contributed by atoms with van der Waals surface area (Å²) in [5.74, 6) is 0. The average Bonchev–Trinajstić information content (AvgIpc) is 2.74. The third-order valence-corrected chi connectivity index (χ3v) is 3.57. The molecular weight excluding hydrogens is 142 g/mol. The smallest absolute Gasteiger partial charge is 0.0196 e. The van der Waals surface area contributed by atoms with Crippen LogP contribution in [0.15, 0.2) is 0 Å². The minimum Gasteiger partial charge on any atom is -0.250 e. The molecule has 0 atom stereocenters. The van der Waals surface area contributed by atoms with E-state index in [4.69, 9.17) is 0 Å². The highest BCUT2D eigenvalue weighted by Gasteiger charge is 2.25. The van der Waals surface area contributed by atoms with Gasteiger partial charge in [0, 0.05) is 18.3 Å². The zero-order chi connectivity index (χ0) is 6.81. The predicted molar refractivity (Wildman–Crippen MR) is 46.0 cm³/mol. The van der Waals surface area contributed by atoms with Gasteiger partial charge >= 0.3 is 0 Å². The number of piperidine rings is 1. The Labute approximate surface area is 67.3 Å². The summed E-state index contributed by atoms with van der Waals surface area (Å²) in [5.41, 5.74) is 0. The Kier molecular flexibility index (Phi) is 2.19. The van der Waals surface area contributed by atoms with Gasteiger partial charge in [0.2, 0.25) is 0 Å². The largest absolute Gasteiger partial charge is 0.250 e. The van der Waals surface area contributed by atoms with Gasteiger partial charge in [0.25, 0.3) is 0 Å². The summed E-state index contributed by atoms with van der Waals surface area (Å²) in [5, 5.41) is 1.01. The topological polar surface area (TPSA) is 3.24 Å². The van der Waals surface area contributed by atoms with E-state index in [0.717, 1.165) is 5.25 Å². The lowest BCUT2D eigenvalue weighted by Crippen LogP contribution is -2.23. The molecule has 10 heavy (non-hydrogen) atoms. The molecule has 0 unspecified atom stereocenters. The second-order valence-corrected chi connectivity index (χ2v) is 4.69. The highest BCUT2D eigenvalue weighted by molar-refractivity contribution is 7.97. The molecule has 0 aromatic heterocycles. The highest BCUT2D eigenvalue weighted by atomic mass is 32.2. The van der Waals surface area contributed by atoms with Gasteiger partial charge in [-0.2, -0.15) is 0 Å². The summed E-state index contributed by atoms with van der Waals surface area (Å²) in [7, 11) is 0. The van der Waals surface area contributed by atoms with Gasteiger partial charge < -0.3 is 0 Å². The van der Waals surface area contributed by atoms with Crippen molar-refractivity contribution in [3.05, 3.63) is 0 Å². The van der Waals surface area contributed by atoms with Crippen molar-refractivity contribution in [2.24, 2.45) is 0 Å². The fourth-order valence-electron chi connectivity index (χ4n) is 1.35. The maximum absolute atomic E-state index is 2.57. The minimum atomic E-state index is 1.01. The van der Waals surface area contributed by atoms with Gasteiger partial charge in [-0.05, 0) is 25.7 Å². The molecule has 0 aromatic rings. The summed E-state index contributed by atoms with van der Waals surface area (Å²) in [6.07, 6.45) is 7.27. The standard InChI is InChI=1S/C8H15NS/c1-2-6-9(7-3-1)10-8-4-5-8/h8H,1-7H2. The molecule has 0 bridgehead atoms. The number of nitrogens with zero attached hydrogens (tertiary/aromatic N) is 1. The molecule has 1 aliphatic carbocycles. The van der Waals surface area contributed by atoms with E-state index >= 15 is 0 Å². The van der Waals surface area contributed by atoms with Crippen LogP contribution in [0.4, 0.5) is 0 Å². The van der Waals surface area contributed by atoms with Crippen molar-refractivity contribution in [1.82, 2.24) is 4.31 Å². The first-order valence-electron chi connectivity index (χ1n) is 4.37. The van der Waals surface area contributed by atoms with Gasteiger partial charge in [0.05, 0.1) is 0 Å². The predicted octanol–water partition coefficient (Wildman–Crippen LogP) is 2.28. The lowest BCUT2D eigenvalue weighted by Gasteiger charge is -2.24. The van der Waals surface area contributed by atoms with Crippen molar-refractivity contribution in [3.63, 3.8) is 0 Å². The van der Waals surface area contributed by atoms with E-state index in [9.17, 15) is 0 Å². The Morgan fingerprint density at radius 3 is 2.30 bits per heavy atom. The fourth-order valence-corrected chi connectivity index (χ4v) is 2.59. The van der Waals surface area contributed by atoms with Crippen molar-refractivity contribution in [1.29, 1.82) is 0 Å². The molecule has 58 valence electrons. The molecule has 2 heteroatoms. The average molecular weight is 157 g/mol. The molecule has 0 spiro atoms. The lowest BCUT2D eigenvalue weighted by atomic mass is 10.2. The quantitative estimate of drug-likeness (QED) is 0.566.